The molecular weight excluding hydrogens is 402 g/mol. The zero-order valence-corrected chi connectivity index (χ0v) is 18.1. The van der Waals surface area contributed by atoms with E-state index in [0.29, 0.717) is 17.2 Å². The number of benzene rings is 3. The molecule has 6 nitrogen and oxygen atoms in total. The van der Waals surface area contributed by atoms with Gasteiger partial charge in [-0.3, -0.25) is 4.31 Å². The van der Waals surface area contributed by atoms with E-state index >= 15 is 0 Å². The van der Waals surface area contributed by atoms with Crippen molar-refractivity contribution < 1.29 is 22.7 Å². The summed E-state index contributed by atoms with van der Waals surface area (Å²) >= 11 is 0. The molecule has 156 valence electrons. The van der Waals surface area contributed by atoms with Gasteiger partial charge in [0.1, 0.15) is 11.5 Å². The smallest absolute Gasteiger partial charge is 0.343 e. The van der Waals surface area contributed by atoms with Gasteiger partial charge in [0.2, 0.25) is 0 Å². The zero-order valence-electron chi connectivity index (χ0n) is 17.2. The number of carbonyl (C=O) groups excluding carboxylic acids is 1. The third kappa shape index (κ3) is 4.46. The topological polar surface area (TPSA) is 72.9 Å². The molecule has 0 heterocycles. The molecule has 3 rings (SSSR count). The Morgan fingerprint density at radius 2 is 1.53 bits per heavy atom. The van der Waals surface area contributed by atoms with Crippen LogP contribution in [-0.2, 0) is 10.0 Å². The van der Waals surface area contributed by atoms with Gasteiger partial charge >= 0.3 is 5.97 Å². The van der Waals surface area contributed by atoms with Crippen molar-refractivity contribution in [3.8, 4) is 11.5 Å². The Hall–Kier alpha value is -3.32. The number of esters is 1. The highest BCUT2D eigenvalue weighted by atomic mass is 32.2. The van der Waals surface area contributed by atoms with Crippen LogP contribution in [0.2, 0.25) is 0 Å². The van der Waals surface area contributed by atoms with Crippen LogP contribution in [0.3, 0.4) is 0 Å². The van der Waals surface area contributed by atoms with Crippen molar-refractivity contribution in [2.75, 3.05) is 18.5 Å². The summed E-state index contributed by atoms with van der Waals surface area (Å²) in [5, 5.41) is 0. The van der Waals surface area contributed by atoms with Crippen LogP contribution in [-0.4, -0.2) is 28.5 Å². The average Bonchev–Trinajstić information content (AvgIpc) is 2.76. The standard InChI is InChI=1S/C23H23NO5S/c1-16-8-11-21(14-17(16)2)29-23(25)18-6-5-7-22(15-18)30(26,27)24(3)19-9-12-20(28-4)13-10-19/h5-15H,1-4H3. The van der Waals surface area contributed by atoms with Gasteiger partial charge < -0.3 is 9.47 Å². The van der Waals surface area contributed by atoms with Gasteiger partial charge in [-0.2, -0.15) is 0 Å². The average molecular weight is 426 g/mol. The first-order chi connectivity index (χ1) is 14.2. The van der Waals surface area contributed by atoms with E-state index in [1.165, 1.54) is 38.4 Å². The normalized spacial score (nSPS) is 11.1. The van der Waals surface area contributed by atoms with E-state index < -0.39 is 16.0 Å². The molecule has 0 spiro atoms. The summed E-state index contributed by atoms with van der Waals surface area (Å²) in [6.07, 6.45) is 0. The quantitative estimate of drug-likeness (QED) is 0.433. The van der Waals surface area contributed by atoms with Crippen LogP contribution in [0.15, 0.2) is 71.6 Å². The highest BCUT2D eigenvalue weighted by Gasteiger charge is 2.23. The summed E-state index contributed by atoms with van der Waals surface area (Å²) in [7, 11) is -0.873. The number of carbonyl (C=O) groups is 1. The molecule has 0 aliphatic rings. The fourth-order valence-corrected chi connectivity index (χ4v) is 4.06. The van der Waals surface area contributed by atoms with E-state index in [0.717, 1.165) is 15.4 Å². The Morgan fingerprint density at radius 3 is 2.17 bits per heavy atom. The van der Waals surface area contributed by atoms with Crippen molar-refractivity contribution in [2.45, 2.75) is 18.7 Å². The van der Waals surface area contributed by atoms with Crippen LogP contribution in [0.4, 0.5) is 5.69 Å². The number of rotatable bonds is 6. The minimum absolute atomic E-state index is 0.00430. The Bertz CT molecular complexity index is 1170. The third-order valence-corrected chi connectivity index (χ3v) is 6.63. The van der Waals surface area contributed by atoms with Crippen LogP contribution in [0.1, 0.15) is 21.5 Å². The zero-order chi connectivity index (χ0) is 21.9. The van der Waals surface area contributed by atoms with Gasteiger partial charge in [0.15, 0.2) is 0 Å². The second-order valence-electron chi connectivity index (χ2n) is 6.83. The monoisotopic (exact) mass is 425 g/mol. The Labute approximate surface area is 176 Å². The molecule has 0 amide bonds. The van der Waals surface area contributed by atoms with E-state index in [4.69, 9.17) is 9.47 Å². The molecular formula is C23H23NO5S. The van der Waals surface area contributed by atoms with E-state index in [9.17, 15) is 13.2 Å². The molecule has 3 aromatic rings. The number of hydrogen-bond acceptors (Lipinski definition) is 5. The number of sulfonamides is 1. The summed E-state index contributed by atoms with van der Waals surface area (Å²) in [6.45, 7) is 3.89. The maximum atomic E-state index is 13.0. The lowest BCUT2D eigenvalue weighted by Gasteiger charge is -2.20. The number of anilines is 1. The molecule has 0 bridgehead atoms. The largest absolute Gasteiger partial charge is 0.497 e. The molecule has 0 fully saturated rings. The fraction of sp³-hybridized carbons (Fsp3) is 0.174. The second-order valence-corrected chi connectivity index (χ2v) is 8.80. The van der Waals surface area contributed by atoms with E-state index in [1.807, 2.05) is 19.9 Å². The number of methoxy groups -OCH3 is 1. The van der Waals surface area contributed by atoms with Crippen molar-refractivity contribution in [3.63, 3.8) is 0 Å². The molecule has 0 saturated heterocycles. The van der Waals surface area contributed by atoms with E-state index in [-0.39, 0.29) is 10.5 Å². The maximum Gasteiger partial charge on any atom is 0.343 e. The van der Waals surface area contributed by atoms with Crippen molar-refractivity contribution in [3.05, 3.63) is 83.4 Å². The first kappa shape index (κ1) is 21.4. The second kappa shape index (κ2) is 8.59. The number of hydrogen-bond donors (Lipinski definition) is 0. The number of nitrogens with zero attached hydrogens (tertiary/aromatic N) is 1. The molecule has 0 aliphatic heterocycles. The van der Waals surface area contributed by atoms with E-state index in [2.05, 4.69) is 0 Å². The maximum absolute atomic E-state index is 13.0. The lowest BCUT2D eigenvalue weighted by atomic mass is 10.1. The van der Waals surface area contributed by atoms with Crippen LogP contribution in [0.25, 0.3) is 0 Å². The summed E-state index contributed by atoms with van der Waals surface area (Å²) < 4.78 is 37.8. The predicted octanol–water partition coefficient (Wildman–Crippen LogP) is 4.36. The van der Waals surface area contributed by atoms with Gasteiger partial charge in [-0.25, -0.2) is 13.2 Å². The van der Waals surface area contributed by atoms with Gasteiger partial charge in [0.05, 0.1) is 23.3 Å². The Morgan fingerprint density at radius 1 is 0.867 bits per heavy atom. The van der Waals surface area contributed by atoms with Crippen molar-refractivity contribution in [1.29, 1.82) is 0 Å². The predicted molar refractivity (Wildman–Crippen MR) is 116 cm³/mol. The fourth-order valence-electron chi connectivity index (χ4n) is 2.82. The lowest BCUT2D eigenvalue weighted by molar-refractivity contribution is 0.0734. The summed E-state index contributed by atoms with van der Waals surface area (Å²) in [5.41, 5.74) is 2.71. The summed E-state index contributed by atoms with van der Waals surface area (Å²) in [4.78, 5) is 12.6. The number of aryl methyl sites for hydroxylation is 2. The van der Waals surface area contributed by atoms with Gasteiger partial charge in [-0.15, -0.1) is 0 Å². The van der Waals surface area contributed by atoms with Gasteiger partial charge in [-0.1, -0.05) is 12.1 Å². The molecule has 0 N–H and O–H groups in total. The molecule has 0 atom stereocenters. The SMILES string of the molecule is COc1ccc(N(C)S(=O)(=O)c2cccc(C(=O)Oc3ccc(C)c(C)c3)c2)cc1. The van der Waals surface area contributed by atoms with Gasteiger partial charge in [-0.05, 0) is 79.6 Å². The van der Waals surface area contributed by atoms with Gasteiger partial charge in [0, 0.05) is 7.05 Å². The molecule has 7 heteroatoms. The summed E-state index contributed by atoms with van der Waals surface area (Å²) in [6, 6.07) is 17.8. The minimum Gasteiger partial charge on any atom is -0.497 e. The molecule has 3 aromatic carbocycles. The van der Waals surface area contributed by atoms with Crippen LogP contribution in [0.5, 0.6) is 11.5 Å². The molecule has 30 heavy (non-hydrogen) atoms. The molecule has 0 aromatic heterocycles. The summed E-state index contributed by atoms with van der Waals surface area (Å²) in [5.74, 6) is 0.412. The Balaban J connectivity index is 1.85. The number of ether oxygens (including phenoxy) is 2. The van der Waals surface area contributed by atoms with E-state index in [1.54, 1.807) is 36.4 Å². The first-order valence-electron chi connectivity index (χ1n) is 9.25. The third-order valence-electron chi connectivity index (χ3n) is 4.85. The lowest BCUT2D eigenvalue weighted by Crippen LogP contribution is -2.26. The van der Waals surface area contributed by atoms with Crippen molar-refractivity contribution in [1.82, 2.24) is 0 Å². The molecule has 0 unspecified atom stereocenters. The van der Waals surface area contributed by atoms with Crippen molar-refractivity contribution in [2.24, 2.45) is 0 Å². The van der Waals surface area contributed by atoms with Gasteiger partial charge in [0.25, 0.3) is 10.0 Å². The van der Waals surface area contributed by atoms with Crippen LogP contribution in [0, 0.1) is 13.8 Å². The minimum atomic E-state index is -3.87. The molecule has 0 saturated carbocycles. The Kier molecular flexibility index (Phi) is 6.12. The van der Waals surface area contributed by atoms with Crippen molar-refractivity contribution >= 4 is 21.7 Å². The first-order valence-corrected chi connectivity index (χ1v) is 10.7. The highest BCUT2D eigenvalue weighted by molar-refractivity contribution is 7.92. The molecule has 0 aliphatic carbocycles. The van der Waals surface area contributed by atoms with Crippen LogP contribution >= 0.6 is 0 Å². The molecule has 0 radical (unpaired) electrons. The van der Waals surface area contributed by atoms with Crippen LogP contribution < -0.4 is 13.8 Å². The highest BCUT2D eigenvalue weighted by Crippen LogP contribution is 2.25.